The number of ketones is 1. The highest BCUT2D eigenvalue weighted by atomic mass is 19.1. The van der Waals surface area contributed by atoms with E-state index in [1.54, 1.807) is 0 Å². The van der Waals surface area contributed by atoms with Crippen molar-refractivity contribution >= 4 is 5.78 Å². The third-order valence-electron chi connectivity index (χ3n) is 10.3. The molecule has 0 N–H and O–H groups in total. The molecule has 29 heavy (non-hydrogen) atoms. The van der Waals surface area contributed by atoms with Crippen molar-refractivity contribution in [2.75, 3.05) is 0 Å². The zero-order chi connectivity index (χ0) is 21.0. The number of rotatable bonds is 5. The molecule has 4 rings (SSSR count). The van der Waals surface area contributed by atoms with Crippen LogP contribution in [0.4, 0.5) is 4.39 Å². The number of carbonyl (C=O) groups is 1. The number of hydrogen-bond donors (Lipinski definition) is 0. The van der Waals surface area contributed by atoms with Gasteiger partial charge in [-0.15, -0.1) is 0 Å². The van der Waals surface area contributed by atoms with E-state index < -0.39 is 0 Å². The van der Waals surface area contributed by atoms with E-state index in [2.05, 4.69) is 34.6 Å². The maximum atomic E-state index is 14.7. The summed E-state index contributed by atoms with van der Waals surface area (Å²) in [6.45, 7) is 12.1. The maximum absolute atomic E-state index is 14.7. The Morgan fingerprint density at radius 2 is 1.72 bits per heavy atom. The van der Waals surface area contributed by atoms with Gasteiger partial charge >= 0.3 is 0 Å². The molecule has 1 nitrogen and oxygen atoms in total. The van der Waals surface area contributed by atoms with E-state index in [0.29, 0.717) is 17.8 Å². The molecule has 0 unspecified atom stereocenters. The molecule has 4 aliphatic rings. The molecule has 164 valence electrons. The smallest absolute Gasteiger partial charge is 0.191 e. The summed E-state index contributed by atoms with van der Waals surface area (Å²) in [4.78, 5) is 12.0. The van der Waals surface area contributed by atoms with E-state index in [9.17, 15) is 9.18 Å². The zero-order valence-electron chi connectivity index (χ0n) is 19.5. The lowest BCUT2D eigenvalue weighted by Gasteiger charge is -2.58. The van der Waals surface area contributed by atoms with Crippen LogP contribution in [0.2, 0.25) is 0 Å². The van der Waals surface area contributed by atoms with Gasteiger partial charge < -0.3 is 0 Å². The minimum absolute atomic E-state index is 0.0524. The molecule has 3 fully saturated rings. The first-order valence-electron chi connectivity index (χ1n) is 12.6. The summed E-state index contributed by atoms with van der Waals surface area (Å²) < 4.78 is 14.7. The third kappa shape index (κ3) is 3.45. The van der Waals surface area contributed by atoms with Crippen LogP contribution in [0.1, 0.15) is 105 Å². The first kappa shape index (κ1) is 21.6. The van der Waals surface area contributed by atoms with Gasteiger partial charge in [0.15, 0.2) is 11.6 Å². The summed E-state index contributed by atoms with van der Waals surface area (Å²) in [7, 11) is 0. The molecule has 0 aromatic heterocycles. The first-order chi connectivity index (χ1) is 13.7. The molecule has 0 aromatic rings. The Labute approximate surface area is 178 Å². The normalized spacial score (nSPS) is 43.2. The van der Waals surface area contributed by atoms with Crippen LogP contribution >= 0.6 is 0 Å². The number of Topliss-reactive ketones (excluding diaryl/α,β-unsaturated/α-hetero) is 1. The van der Waals surface area contributed by atoms with E-state index in [1.807, 2.05) is 0 Å². The number of allylic oxidation sites excluding steroid dienone is 1. The van der Waals surface area contributed by atoms with Crippen molar-refractivity contribution in [3.63, 3.8) is 0 Å². The van der Waals surface area contributed by atoms with Crippen LogP contribution in [0.25, 0.3) is 0 Å². The number of halogens is 1. The van der Waals surface area contributed by atoms with Crippen molar-refractivity contribution in [1.29, 1.82) is 0 Å². The summed E-state index contributed by atoms with van der Waals surface area (Å²) in [5.41, 5.74) is 1.33. The van der Waals surface area contributed by atoms with Gasteiger partial charge in [0.2, 0.25) is 0 Å². The van der Waals surface area contributed by atoms with Crippen molar-refractivity contribution in [2.24, 2.45) is 46.3 Å². The molecule has 3 saturated carbocycles. The van der Waals surface area contributed by atoms with Crippen LogP contribution in [0.15, 0.2) is 11.4 Å². The molecule has 0 aliphatic heterocycles. The Bertz CT molecular complexity index is 678. The molecule has 7 atom stereocenters. The molecule has 0 aromatic carbocycles. The van der Waals surface area contributed by atoms with Crippen molar-refractivity contribution < 1.29 is 9.18 Å². The van der Waals surface area contributed by atoms with Gasteiger partial charge in [0.05, 0.1) is 0 Å². The summed E-state index contributed by atoms with van der Waals surface area (Å²) in [6, 6.07) is 0. The molecule has 2 heteroatoms. The highest BCUT2D eigenvalue weighted by molar-refractivity contribution is 5.95. The summed E-state index contributed by atoms with van der Waals surface area (Å²) in [6.07, 6.45) is 12.7. The van der Waals surface area contributed by atoms with Crippen LogP contribution in [0, 0.1) is 46.3 Å². The second-order valence-electron chi connectivity index (χ2n) is 12.1. The van der Waals surface area contributed by atoms with Gasteiger partial charge in [0.25, 0.3) is 0 Å². The molecule has 0 amide bonds. The Hall–Kier alpha value is -0.660. The number of hydrogen-bond acceptors (Lipinski definition) is 1. The molecular formula is C27H43FO. The van der Waals surface area contributed by atoms with E-state index in [-0.39, 0.29) is 17.0 Å². The summed E-state index contributed by atoms with van der Waals surface area (Å²) in [5, 5.41) is 0. The van der Waals surface area contributed by atoms with Gasteiger partial charge in [-0.2, -0.15) is 0 Å². The third-order valence-corrected chi connectivity index (χ3v) is 10.3. The van der Waals surface area contributed by atoms with Gasteiger partial charge in [-0.25, -0.2) is 4.39 Å². The topological polar surface area (TPSA) is 17.1 Å². The number of fused-ring (bicyclic) bond motifs is 5. The van der Waals surface area contributed by atoms with Crippen LogP contribution in [-0.4, -0.2) is 5.78 Å². The molecular weight excluding hydrogens is 359 g/mol. The zero-order valence-corrected chi connectivity index (χ0v) is 19.5. The van der Waals surface area contributed by atoms with Crippen LogP contribution in [-0.2, 0) is 4.79 Å². The summed E-state index contributed by atoms with van der Waals surface area (Å²) in [5.74, 6) is 4.10. The average Bonchev–Trinajstić information content (AvgIpc) is 3.02. The van der Waals surface area contributed by atoms with Crippen LogP contribution in [0.5, 0.6) is 0 Å². The first-order valence-corrected chi connectivity index (χ1v) is 12.6. The Kier molecular flexibility index (Phi) is 5.79. The van der Waals surface area contributed by atoms with E-state index in [4.69, 9.17) is 0 Å². The van der Waals surface area contributed by atoms with E-state index in [0.717, 1.165) is 54.4 Å². The van der Waals surface area contributed by atoms with Gasteiger partial charge in [-0.1, -0.05) is 53.9 Å². The fourth-order valence-corrected chi connectivity index (χ4v) is 8.67. The van der Waals surface area contributed by atoms with E-state index >= 15 is 0 Å². The van der Waals surface area contributed by atoms with Crippen LogP contribution in [0.3, 0.4) is 0 Å². The lowest BCUT2D eigenvalue weighted by Crippen LogP contribution is -2.51. The molecule has 0 saturated heterocycles. The lowest BCUT2D eigenvalue weighted by molar-refractivity contribution is -0.120. The highest BCUT2D eigenvalue weighted by Gasteiger charge is 2.60. The Balaban J connectivity index is 1.52. The number of carbonyl (C=O) groups excluding carboxylic acids is 1. The van der Waals surface area contributed by atoms with Crippen molar-refractivity contribution in [2.45, 2.75) is 105 Å². The molecule has 0 bridgehead atoms. The molecule has 0 heterocycles. The predicted octanol–water partition coefficient (Wildman–Crippen LogP) is 7.89. The largest absolute Gasteiger partial charge is 0.292 e. The molecule has 4 aliphatic carbocycles. The maximum Gasteiger partial charge on any atom is 0.191 e. The van der Waals surface area contributed by atoms with Gasteiger partial charge in [-0.05, 0) is 96.9 Å². The average molecular weight is 403 g/mol. The van der Waals surface area contributed by atoms with E-state index in [1.165, 1.54) is 44.9 Å². The van der Waals surface area contributed by atoms with Gasteiger partial charge in [-0.3, -0.25) is 4.79 Å². The minimum Gasteiger partial charge on any atom is -0.292 e. The standard InChI is InChI=1S/C27H43FO/c1-17(2)7-6-8-18(3)20-11-12-21-19-9-10-23-25(28)24(29)14-16-27(23,5)22(19)13-15-26(20,21)4/h17-22H,6-16H2,1-5H3/t18-,19+,20-,21+,22+,26-,27-/m1/s1. The molecule has 0 radical (unpaired) electrons. The second kappa shape index (κ2) is 7.79. The quantitative estimate of drug-likeness (QED) is 0.457. The SMILES string of the molecule is CC(C)CCC[C@@H](C)[C@H]1CC[C@H]2[C@@H]3CCC4=C(F)C(=O)CC[C@]4(C)[C@H]3CC[C@]12C. The minimum atomic E-state index is -0.353. The Morgan fingerprint density at radius 1 is 0.966 bits per heavy atom. The predicted molar refractivity (Wildman–Crippen MR) is 118 cm³/mol. The fourth-order valence-electron chi connectivity index (χ4n) is 8.67. The van der Waals surface area contributed by atoms with Gasteiger partial charge in [0.1, 0.15) is 0 Å². The van der Waals surface area contributed by atoms with Crippen molar-refractivity contribution in [1.82, 2.24) is 0 Å². The monoisotopic (exact) mass is 402 g/mol. The Morgan fingerprint density at radius 3 is 2.45 bits per heavy atom. The fraction of sp³-hybridized carbons (Fsp3) is 0.889. The van der Waals surface area contributed by atoms with Crippen molar-refractivity contribution in [3.05, 3.63) is 11.4 Å². The van der Waals surface area contributed by atoms with Crippen molar-refractivity contribution in [3.8, 4) is 0 Å². The molecule has 0 spiro atoms. The highest BCUT2D eigenvalue weighted by Crippen LogP contribution is 2.68. The summed E-state index contributed by atoms with van der Waals surface area (Å²) >= 11 is 0. The van der Waals surface area contributed by atoms with Crippen LogP contribution < -0.4 is 0 Å². The van der Waals surface area contributed by atoms with Gasteiger partial charge in [0, 0.05) is 6.42 Å². The lowest BCUT2D eigenvalue weighted by atomic mass is 9.46. The second-order valence-corrected chi connectivity index (χ2v) is 12.1.